The fraction of sp³-hybridized carbons (Fsp3) is 0. The van der Waals surface area contributed by atoms with Crippen LogP contribution in [0.2, 0.25) is 0 Å². The Hall–Kier alpha value is -2.30. The van der Waals surface area contributed by atoms with Crippen molar-refractivity contribution in [2.45, 2.75) is 0 Å². The molecule has 1 aliphatic heterocycles. The number of carboxylic acids is 1. The molecule has 0 aromatic carbocycles. The lowest BCUT2D eigenvalue weighted by Gasteiger charge is -1.97. The summed E-state index contributed by atoms with van der Waals surface area (Å²) < 4.78 is 0. The molecule has 0 fully saturated rings. The maximum Gasteiger partial charge on any atom is 0.337 e. The van der Waals surface area contributed by atoms with E-state index >= 15 is 0 Å². The zero-order valence-corrected chi connectivity index (χ0v) is 7.83. The lowest BCUT2D eigenvalue weighted by molar-refractivity contribution is 0.0696. The molecule has 5 nitrogen and oxygen atoms in total. The van der Waals surface area contributed by atoms with Gasteiger partial charge in [0.2, 0.25) is 0 Å². The monoisotopic (exact) mass is 206 g/mol. The molecule has 0 bridgehead atoms. The van der Waals surface area contributed by atoms with Crippen molar-refractivity contribution < 1.29 is 14.7 Å². The number of pyridine rings is 1. The molecule has 2 N–H and O–H groups in total. The van der Waals surface area contributed by atoms with Gasteiger partial charge in [-0.1, -0.05) is 0 Å². The Morgan fingerprint density at radius 1 is 1.47 bits per heavy atom. The van der Waals surface area contributed by atoms with Gasteiger partial charge in [-0.15, -0.1) is 0 Å². The second-order valence-electron chi connectivity index (χ2n) is 2.47. The molecular weight excluding hydrogens is 196 g/mol. The number of aromatic nitrogens is 1. The van der Waals surface area contributed by atoms with Gasteiger partial charge in [-0.25, -0.2) is 10.3 Å². The molecule has 2 rings (SSSR count). The predicted molar refractivity (Wildman–Crippen MR) is 53.7 cm³/mol. The minimum Gasteiger partial charge on any atom is -0.478 e. The highest BCUT2D eigenvalue weighted by molar-refractivity contribution is 5.86. The molecule has 1 aromatic rings. The first-order chi connectivity index (χ1) is 7.30. The van der Waals surface area contributed by atoms with E-state index in [1.165, 1.54) is 18.5 Å². The first-order valence-electron chi connectivity index (χ1n) is 4.17. The molecule has 0 amide bonds. The van der Waals surface area contributed by atoms with Crippen LogP contribution in [-0.2, 0) is 4.84 Å². The van der Waals surface area contributed by atoms with E-state index in [4.69, 9.17) is 5.11 Å². The Kier molecular flexibility index (Phi) is 4.45. The Balaban J connectivity index is 0.000000162. The van der Waals surface area contributed by atoms with Crippen molar-refractivity contribution >= 4 is 5.97 Å². The van der Waals surface area contributed by atoms with Gasteiger partial charge in [0.05, 0.1) is 5.56 Å². The normalized spacial score (nSPS) is 11.7. The van der Waals surface area contributed by atoms with E-state index in [-0.39, 0.29) is 5.56 Å². The van der Waals surface area contributed by atoms with Gasteiger partial charge in [0.15, 0.2) is 0 Å². The number of hydroxylamine groups is 1. The van der Waals surface area contributed by atoms with Crippen LogP contribution in [0.15, 0.2) is 49.1 Å². The molecule has 0 unspecified atom stereocenters. The molecule has 0 radical (unpaired) electrons. The number of nitrogens with one attached hydrogen (secondary N) is 1. The molecule has 0 aliphatic carbocycles. The summed E-state index contributed by atoms with van der Waals surface area (Å²) in [6.07, 6.45) is 9.77. The van der Waals surface area contributed by atoms with E-state index in [2.05, 4.69) is 15.3 Å². The first-order valence-corrected chi connectivity index (χ1v) is 4.17. The van der Waals surface area contributed by atoms with Crippen molar-refractivity contribution in [3.63, 3.8) is 0 Å². The van der Waals surface area contributed by atoms with Crippen LogP contribution in [-0.4, -0.2) is 16.1 Å². The molecule has 0 saturated carbocycles. The minimum absolute atomic E-state index is 0.220. The van der Waals surface area contributed by atoms with Crippen LogP contribution in [0.5, 0.6) is 0 Å². The molecular formula is C10H10N2O3. The molecule has 78 valence electrons. The molecule has 15 heavy (non-hydrogen) atoms. The molecule has 1 aromatic heterocycles. The van der Waals surface area contributed by atoms with Gasteiger partial charge in [-0.05, 0) is 24.3 Å². The van der Waals surface area contributed by atoms with Crippen LogP contribution in [0, 0.1) is 0 Å². The Labute approximate surface area is 86.7 Å². The van der Waals surface area contributed by atoms with Gasteiger partial charge in [0.25, 0.3) is 0 Å². The third-order valence-electron chi connectivity index (χ3n) is 1.40. The summed E-state index contributed by atoms with van der Waals surface area (Å²) in [6, 6.07) is 3.08. The van der Waals surface area contributed by atoms with E-state index in [0.29, 0.717) is 0 Å². The maximum absolute atomic E-state index is 10.2. The largest absolute Gasteiger partial charge is 0.478 e. The number of carboxylic acid groups (broad SMARTS) is 1. The van der Waals surface area contributed by atoms with Crippen LogP contribution >= 0.6 is 0 Å². The Morgan fingerprint density at radius 2 is 2.33 bits per heavy atom. The van der Waals surface area contributed by atoms with Crippen molar-refractivity contribution in [2.24, 2.45) is 0 Å². The molecule has 0 atom stereocenters. The van der Waals surface area contributed by atoms with Gasteiger partial charge in [-0.2, -0.15) is 0 Å². The summed E-state index contributed by atoms with van der Waals surface area (Å²) in [5, 5.41) is 8.34. The van der Waals surface area contributed by atoms with Crippen LogP contribution in [0.1, 0.15) is 10.4 Å². The number of nitrogens with zero attached hydrogens (tertiary/aromatic N) is 1. The predicted octanol–water partition coefficient (Wildman–Crippen LogP) is 1.33. The van der Waals surface area contributed by atoms with Crippen molar-refractivity contribution in [3.8, 4) is 0 Å². The Bertz CT molecular complexity index is 348. The highest BCUT2D eigenvalue weighted by Crippen LogP contribution is 1.92. The number of hydrogen-bond acceptors (Lipinski definition) is 4. The first kappa shape index (κ1) is 10.8. The van der Waals surface area contributed by atoms with E-state index in [0.717, 1.165) is 0 Å². The van der Waals surface area contributed by atoms with E-state index < -0.39 is 5.97 Å². The fourth-order valence-corrected chi connectivity index (χ4v) is 0.747. The fourth-order valence-electron chi connectivity index (χ4n) is 0.747. The molecule has 0 saturated heterocycles. The Morgan fingerprint density at radius 3 is 2.60 bits per heavy atom. The van der Waals surface area contributed by atoms with Gasteiger partial charge < -0.3 is 9.94 Å². The van der Waals surface area contributed by atoms with Crippen molar-refractivity contribution in [1.82, 2.24) is 10.5 Å². The standard InChI is InChI=1S/C6H5NO2.C4H5NO/c8-6(9)5-2-1-3-7-4-5;1-2-4-6-5-3-1/h1-4H,(H,8,9);1-5H. The molecule has 1 aliphatic rings. The lowest BCUT2D eigenvalue weighted by Crippen LogP contribution is -2.01. The average Bonchev–Trinajstić information content (AvgIpc) is 2.33. The SMILES string of the molecule is C1=CNOC=C1.O=C(O)c1cccnc1. The quantitative estimate of drug-likeness (QED) is 0.725. The molecule has 5 heteroatoms. The van der Waals surface area contributed by atoms with Crippen LogP contribution in [0.4, 0.5) is 0 Å². The van der Waals surface area contributed by atoms with Crippen LogP contribution < -0.4 is 5.48 Å². The summed E-state index contributed by atoms with van der Waals surface area (Å²) in [5.74, 6) is -0.942. The number of carbonyl (C=O) groups is 1. The van der Waals surface area contributed by atoms with Crippen molar-refractivity contribution in [3.05, 3.63) is 54.7 Å². The lowest BCUT2D eigenvalue weighted by atomic mass is 10.3. The highest BCUT2D eigenvalue weighted by atomic mass is 16.6. The van der Waals surface area contributed by atoms with Gasteiger partial charge in [-0.3, -0.25) is 4.98 Å². The highest BCUT2D eigenvalue weighted by Gasteiger charge is 1.97. The van der Waals surface area contributed by atoms with E-state index in [1.807, 2.05) is 6.08 Å². The zero-order valence-electron chi connectivity index (χ0n) is 7.83. The summed E-state index contributed by atoms with van der Waals surface area (Å²) in [5.41, 5.74) is 2.74. The summed E-state index contributed by atoms with van der Waals surface area (Å²) in [6.45, 7) is 0. The second-order valence-corrected chi connectivity index (χ2v) is 2.47. The number of aromatic carboxylic acids is 1. The van der Waals surface area contributed by atoms with Gasteiger partial charge in [0.1, 0.15) is 6.26 Å². The zero-order chi connectivity index (χ0) is 10.9. The minimum atomic E-state index is -0.942. The van der Waals surface area contributed by atoms with Gasteiger partial charge in [0, 0.05) is 18.6 Å². The van der Waals surface area contributed by atoms with Crippen molar-refractivity contribution in [2.75, 3.05) is 0 Å². The number of rotatable bonds is 1. The topological polar surface area (TPSA) is 71.5 Å². The van der Waals surface area contributed by atoms with E-state index in [9.17, 15) is 4.79 Å². The third-order valence-corrected chi connectivity index (χ3v) is 1.40. The smallest absolute Gasteiger partial charge is 0.337 e. The summed E-state index contributed by atoms with van der Waals surface area (Å²) in [4.78, 5) is 18.3. The number of hydrogen-bond donors (Lipinski definition) is 2. The number of allylic oxidation sites excluding steroid dienone is 2. The van der Waals surface area contributed by atoms with Crippen LogP contribution in [0.3, 0.4) is 0 Å². The van der Waals surface area contributed by atoms with Crippen molar-refractivity contribution in [1.29, 1.82) is 0 Å². The molecule has 2 heterocycles. The third kappa shape index (κ3) is 4.47. The second kappa shape index (κ2) is 6.20. The molecule has 0 spiro atoms. The maximum atomic E-state index is 10.2. The summed E-state index contributed by atoms with van der Waals surface area (Å²) >= 11 is 0. The van der Waals surface area contributed by atoms with Gasteiger partial charge >= 0.3 is 5.97 Å². The summed E-state index contributed by atoms with van der Waals surface area (Å²) in [7, 11) is 0. The van der Waals surface area contributed by atoms with Crippen LogP contribution in [0.25, 0.3) is 0 Å². The van der Waals surface area contributed by atoms with E-state index in [1.54, 1.807) is 24.6 Å². The average molecular weight is 206 g/mol.